The summed E-state index contributed by atoms with van der Waals surface area (Å²) in [5.74, 6) is 0.924. The minimum atomic E-state index is -0.535. The van der Waals surface area contributed by atoms with Gasteiger partial charge in [0.05, 0.1) is 12.7 Å². The summed E-state index contributed by atoms with van der Waals surface area (Å²) in [6.45, 7) is 6.03. The molecule has 0 atom stereocenters. The summed E-state index contributed by atoms with van der Waals surface area (Å²) < 4.78 is 10.9. The zero-order chi connectivity index (χ0) is 17.7. The van der Waals surface area contributed by atoms with E-state index in [-0.39, 0.29) is 11.2 Å². The summed E-state index contributed by atoms with van der Waals surface area (Å²) in [6, 6.07) is 13.1. The van der Waals surface area contributed by atoms with E-state index in [9.17, 15) is 9.90 Å². The van der Waals surface area contributed by atoms with Crippen molar-refractivity contribution >= 4 is 5.78 Å². The van der Waals surface area contributed by atoms with Crippen LogP contribution in [0.4, 0.5) is 0 Å². The number of ether oxygens (including phenoxy) is 2. The Balaban J connectivity index is 2.23. The topological polar surface area (TPSA) is 55.8 Å². The Kier molecular flexibility index (Phi) is 5.62. The average Bonchev–Trinajstić information content (AvgIpc) is 2.58. The van der Waals surface area contributed by atoms with Gasteiger partial charge in [-0.3, -0.25) is 4.79 Å². The van der Waals surface area contributed by atoms with Crippen molar-refractivity contribution in [2.45, 2.75) is 32.8 Å². The van der Waals surface area contributed by atoms with Gasteiger partial charge in [-0.25, -0.2) is 0 Å². The molecule has 0 aliphatic carbocycles. The van der Waals surface area contributed by atoms with E-state index in [1.54, 1.807) is 13.2 Å². The van der Waals surface area contributed by atoms with Crippen LogP contribution in [0.1, 0.15) is 42.3 Å². The first-order valence-electron chi connectivity index (χ1n) is 7.89. The van der Waals surface area contributed by atoms with Crippen LogP contribution in [0.3, 0.4) is 0 Å². The van der Waals surface area contributed by atoms with Crippen LogP contribution in [0.5, 0.6) is 11.5 Å². The highest BCUT2D eigenvalue weighted by Crippen LogP contribution is 2.29. The number of benzene rings is 2. The Labute approximate surface area is 143 Å². The van der Waals surface area contributed by atoms with E-state index in [1.807, 2.05) is 36.4 Å². The Bertz CT molecular complexity index is 697. The molecule has 2 rings (SSSR count). The summed E-state index contributed by atoms with van der Waals surface area (Å²) in [5, 5.41) is 9.23. The molecule has 1 N–H and O–H groups in total. The van der Waals surface area contributed by atoms with Crippen LogP contribution in [-0.2, 0) is 12.0 Å². The summed E-state index contributed by atoms with van der Waals surface area (Å²) in [6.07, 6.45) is 0. The fourth-order valence-electron chi connectivity index (χ4n) is 2.31. The Hall–Kier alpha value is -2.33. The Morgan fingerprint density at radius 3 is 2.29 bits per heavy atom. The molecular formula is C20H24O4. The lowest BCUT2D eigenvalue weighted by molar-refractivity contribution is 0.0899. The number of rotatable bonds is 6. The average molecular weight is 328 g/mol. The molecule has 4 nitrogen and oxygen atoms in total. The third-order valence-electron chi connectivity index (χ3n) is 3.84. The van der Waals surface area contributed by atoms with Gasteiger partial charge in [0, 0.05) is 0 Å². The van der Waals surface area contributed by atoms with E-state index in [1.165, 1.54) is 0 Å². The van der Waals surface area contributed by atoms with Crippen molar-refractivity contribution in [3.63, 3.8) is 0 Å². The van der Waals surface area contributed by atoms with Gasteiger partial charge in [-0.05, 0) is 40.8 Å². The lowest BCUT2D eigenvalue weighted by Gasteiger charge is -2.21. The Morgan fingerprint density at radius 2 is 1.75 bits per heavy atom. The van der Waals surface area contributed by atoms with Crippen LogP contribution in [0, 0.1) is 0 Å². The number of ketones is 1. The molecule has 0 heterocycles. The molecule has 0 aliphatic heterocycles. The van der Waals surface area contributed by atoms with Crippen LogP contribution < -0.4 is 9.47 Å². The molecule has 4 heteroatoms. The maximum absolute atomic E-state index is 12.1. The molecule has 0 aromatic heterocycles. The molecule has 0 saturated heterocycles. The van der Waals surface area contributed by atoms with E-state index in [2.05, 4.69) is 20.8 Å². The van der Waals surface area contributed by atoms with Crippen molar-refractivity contribution in [3.8, 4) is 11.5 Å². The van der Waals surface area contributed by atoms with Gasteiger partial charge in [0.15, 0.2) is 5.78 Å². The first-order chi connectivity index (χ1) is 11.3. The largest absolute Gasteiger partial charge is 0.497 e. The summed E-state index contributed by atoms with van der Waals surface area (Å²) in [4.78, 5) is 12.1. The van der Waals surface area contributed by atoms with Crippen molar-refractivity contribution in [1.29, 1.82) is 0 Å². The van der Waals surface area contributed by atoms with Crippen molar-refractivity contribution < 1.29 is 19.4 Å². The number of hydrogen-bond donors (Lipinski definition) is 1. The maximum Gasteiger partial charge on any atom is 0.191 e. The number of aliphatic hydroxyl groups excluding tert-OH is 1. The SMILES string of the molecule is COc1ccc(COc2ccc(C(C)(C)C)cc2C(=O)CO)cc1. The van der Waals surface area contributed by atoms with E-state index in [0.717, 1.165) is 16.9 Å². The third kappa shape index (κ3) is 4.36. The standard InChI is InChI=1S/C20H24O4/c1-20(2,3)15-7-10-19(17(11-15)18(22)12-21)24-13-14-5-8-16(23-4)9-6-14/h5-11,21H,12-13H2,1-4H3. The summed E-state index contributed by atoms with van der Waals surface area (Å²) in [7, 11) is 1.62. The van der Waals surface area contributed by atoms with Crippen LogP contribution in [0.25, 0.3) is 0 Å². The number of methoxy groups -OCH3 is 1. The van der Waals surface area contributed by atoms with Crippen molar-refractivity contribution in [2.75, 3.05) is 13.7 Å². The zero-order valence-electron chi connectivity index (χ0n) is 14.6. The van der Waals surface area contributed by atoms with Crippen molar-refractivity contribution in [1.82, 2.24) is 0 Å². The van der Waals surface area contributed by atoms with Gasteiger partial charge in [0.2, 0.25) is 0 Å². The summed E-state index contributed by atoms with van der Waals surface area (Å²) in [5.41, 5.74) is 2.33. The van der Waals surface area contributed by atoms with Crippen molar-refractivity contribution in [3.05, 3.63) is 59.2 Å². The predicted molar refractivity (Wildman–Crippen MR) is 93.9 cm³/mol. The number of aliphatic hydroxyl groups is 1. The van der Waals surface area contributed by atoms with Crippen LogP contribution >= 0.6 is 0 Å². The minimum Gasteiger partial charge on any atom is -0.497 e. The number of carbonyl (C=O) groups is 1. The molecule has 0 saturated carbocycles. The van der Waals surface area contributed by atoms with Gasteiger partial charge in [0.25, 0.3) is 0 Å². The number of hydrogen-bond acceptors (Lipinski definition) is 4. The first kappa shape index (κ1) is 18.0. The van der Waals surface area contributed by atoms with E-state index < -0.39 is 6.61 Å². The molecule has 0 unspecified atom stereocenters. The van der Waals surface area contributed by atoms with Gasteiger partial charge in [-0.2, -0.15) is 0 Å². The second kappa shape index (κ2) is 7.49. The van der Waals surface area contributed by atoms with E-state index in [0.29, 0.717) is 17.9 Å². The second-order valence-electron chi connectivity index (χ2n) is 6.68. The molecule has 0 spiro atoms. The quantitative estimate of drug-likeness (QED) is 0.821. The Morgan fingerprint density at radius 1 is 1.08 bits per heavy atom. The number of Topliss-reactive ketones (excluding diaryl/α,β-unsaturated/α-hetero) is 1. The molecular weight excluding hydrogens is 304 g/mol. The molecule has 0 radical (unpaired) electrons. The van der Waals surface area contributed by atoms with E-state index >= 15 is 0 Å². The highest BCUT2D eigenvalue weighted by atomic mass is 16.5. The van der Waals surface area contributed by atoms with Crippen LogP contribution in [-0.4, -0.2) is 24.6 Å². The minimum absolute atomic E-state index is 0.0843. The molecule has 24 heavy (non-hydrogen) atoms. The second-order valence-corrected chi connectivity index (χ2v) is 6.68. The van der Waals surface area contributed by atoms with Gasteiger partial charge in [-0.15, -0.1) is 0 Å². The lowest BCUT2D eigenvalue weighted by Crippen LogP contribution is -2.14. The number of carbonyl (C=O) groups excluding carboxylic acids is 1. The highest BCUT2D eigenvalue weighted by Gasteiger charge is 2.19. The molecule has 2 aromatic rings. The van der Waals surface area contributed by atoms with Gasteiger partial charge < -0.3 is 14.6 Å². The lowest BCUT2D eigenvalue weighted by atomic mass is 9.85. The first-order valence-corrected chi connectivity index (χ1v) is 7.89. The molecule has 2 aromatic carbocycles. The van der Waals surface area contributed by atoms with Crippen LogP contribution in [0.15, 0.2) is 42.5 Å². The van der Waals surface area contributed by atoms with E-state index in [4.69, 9.17) is 9.47 Å². The molecule has 0 amide bonds. The molecule has 128 valence electrons. The molecule has 0 fully saturated rings. The van der Waals surface area contributed by atoms with Gasteiger partial charge in [0.1, 0.15) is 24.7 Å². The van der Waals surface area contributed by atoms with Crippen molar-refractivity contribution in [2.24, 2.45) is 0 Å². The normalized spacial score (nSPS) is 11.2. The van der Waals surface area contributed by atoms with Gasteiger partial charge in [-0.1, -0.05) is 39.0 Å². The smallest absolute Gasteiger partial charge is 0.191 e. The fraction of sp³-hybridized carbons (Fsp3) is 0.350. The highest BCUT2D eigenvalue weighted by molar-refractivity contribution is 5.99. The predicted octanol–water partition coefficient (Wildman–Crippen LogP) is 3.75. The molecule has 0 bridgehead atoms. The van der Waals surface area contributed by atoms with Gasteiger partial charge >= 0.3 is 0 Å². The fourth-order valence-corrected chi connectivity index (χ4v) is 2.31. The maximum atomic E-state index is 12.1. The third-order valence-corrected chi connectivity index (χ3v) is 3.84. The summed E-state index contributed by atoms with van der Waals surface area (Å²) >= 11 is 0. The monoisotopic (exact) mass is 328 g/mol. The van der Waals surface area contributed by atoms with Crippen LogP contribution in [0.2, 0.25) is 0 Å². The molecule has 0 aliphatic rings. The zero-order valence-corrected chi connectivity index (χ0v) is 14.6.